The Morgan fingerprint density at radius 3 is 2.62 bits per heavy atom. The first-order chi connectivity index (χ1) is 14.9. The maximum atomic E-state index is 14.1. The van der Waals surface area contributed by atoms with Crippen LogP contribution in [0.2, 0.25) is 10.0 Å². The Bertz CT molecular complexity index is 1150. The third-order valence-corrected chi connectivity index (χ3v) is 5.66. The molecular formula is C23H18Cl2FN2NaO3. The van der Waals surface area contributed by atoms with Crippen molar-refractivity contribution in [3.05, 3.63) is 86.8 Å². The maximum Gasteiger partial charge on any atom is 1.00 e. The molecule has 2 heterocycles. The van der Waals surface area contributed by atoms with E-state index in [2.05, 4.69) is 4.98 Å². The van der Waals surface area contributed by atoms with Crippen LogP contribution in [0, 0.1) is 5.82 Å². The molecule has 160 valence electrons. The summed E-state index contributed by atoms with van der Waals surface area (Å²) < 4.78 is 20.0. The molecule has 0 spiro atoms. The minimum Gasteiger partial charge on any atom is -0.545 e. The molecule has 0 atom stereocenters. The molecule has 1 aliphatic rings. The van der Waals surface area contributed by atoms with Crippen LogP contribution in [0.25, 0.3) is 0 Å². The molecule has 2 aromatic carbocycles. The monoisotopic (exact) mass is 482 g/mol. The van der Waals surface area contributed by atoms with E-state index in [4.69, 9.17) is 27.9 Å². The summed E-state index contributed by atoms with van der Waals surface area (Å²) in [4.78, 5) is 17.9. The molecule has 4 rings (SSSR count). The summed E-state index contributed by atoms with van der Waals surface area (Å²) in [6.07, 6.45) is 2.88. The fourth-order valence-corrected chi connectivity index (χ4v) is 4.06. The van der Waals surface area contributed by atoms with Gasteiger partial charge in [-0.1, -0.05) is 29.3 Å². The standard InChI is InChI=1S/C23H19Cl2FN2O3.Na/c24-16-5-6-21(31-13-14-3-4-17(25)11-20(14)26)15(10-16)12-28-9-1-2-18-19(23(29)30)7-8-27-22(18)28;/h3-8,10-11H,1-2,9,12-13H2,(H,29,30);/q;+1/p-1. The second-order valence-corrected chi connectivity index (χ2v) is 8.12. The smallest absolute Gasteiger partial charge is 0.545 e. The van der Waals surface area contributed by atoms with Crippen molar-refractivity contribution in [3.63, 3.8) is 0 Å². The van der Waals surface area contributed by atoms with Gasteiger partial charge in [-0.15, -0.1) is 0 Å². The average molecular weight is 483 g/mol. The van der Waals surface area contributed by atoms with Crippen LogP contribution in [0.4, 0.5) is 10.2 Å². The second-order valence-electron chi connectivity index (χ2n) is 7.25. The van der Waals surface area contributed by atoms with Crippen LogP contribution in [0.1, 0.15) is 33.5 Å². The maximum absolute atomic E-state index is 14.1. The van der Waals surface area contributed by atoms with Crippen LogP contribution in [-0.4, -0.2) is 17.5 Å². The predicted molar refractivity (Wildman–Crippen MR) is 115 cm³/mol. The van der Waals surface area contributed by atoms with E-state index in [1.165, 1.54) is 18.3 Å². The number of anilines is 1. The van der Waals surface area contributed by atoms with Crippen LogP contribution in [0.15, 0.2) is 48.7 Å². The number of fused-ring (bicyclic) bond motifs is 1. The van der Waals surface area contributed by atoms with E-state index in [1.807, 2.05) is 4.90 Å². The Labute approximate surface area is 217 Å². The molecular weight excluding hydrogens is 465 g/mol. The topological polar surface area (TPSA) is 65.5 Å². The molecule has 5 nitrogen and oxygen atoms in total. The van der Waals surface area contributed by atoms with Crippen LogP contribution in [-0.2, 0) is 19.6 Å². The van der Waals surface area contributed by atoms with Gasteiger partial charge in [0.25, 0.3) is 0 Å². The van der Waals surface area contributed by atoms with Gasteiger partial charge < -0.3 is 19.5 Å². The fourth-order valence-electron chi connectivity index (χ4n) is 3.71. The number of benzene rings is 2. The first-order valence-corrected chi connectivity index (χ1v) is 10.5. The summed E-state index contributed by atoms with van der Waals surface area (Å²) in [6, 6.07) is 11.1. The van der Waals surface area contributed by atoms with Crippen molar-refractivity contribution in [1.29, 1.82) is 0 Å². The van der Waals surface area contributed by atoms with Gasteiger partial charge in [0.15, 0.2) is 0 Å². The molecule has 0 saturated heterocycles. The molecule has 0 amide bonds. The van der Waals surface area contributed by atoms with Crippen LogP contribution in [0.5, 0.6) is 5.75 Å². The van der Waals surface area contributed by atoms with Crippen molar-refractivity contribution >= 4 is 35.0 Å². The van der Waals surface area contributed by atoms with Gasteiger partial charge in [-0.25, -0.2) is 9.37 Å². The van der Waals surface area contributed by atoms with Gasteiger partial charge >= 0.3 is 29.6 Å². The molecule has 0 N–H and O–H groups in total. The Hall–Kier alpha value is -1.83. The molecule has 0 fully saturated rings. The number of ether oxygens (including phenoxy) is 1. The van der Waals surface area contributed by atoms with Crippen LogP contribution >= 0.6 is 23.2 Å². The number of hydrogen-bond donors (Lipinski definition) is 0. The van der Waals surface area contributed by atoms with E-state index in [1.54, 1.807) is 30.3 Å². The normalized spacial score (nSPS) is 12.7. The number of pyridine rings is 1. The van der Waals surface area contributed by atoms with Crippen molar-refractivity contribution in [2.75, 3.05) is 11.4 Å². The number of aromatic carboxylic acids is 1. The number of carbonyl (C=O) groups is 1. The first-order valence-electron chi connectivity index (χ1n) is 9.71. The summed E-state index contributed by atoms with van der Waals surface area (Å²) in [7, 11) is 0. The number of carbonyl (C=O) groups excluding carboxylic acids is 1. The van der Waals surface area contributed by atoms with E-state index in [9.17, 15) is 14.3 Å². The SMILES string of the molecule is O=C([O-])c1ccnc2c1CCCN2Cc1cc(Cl)ccc1OCc1ccc(Cl)cc1F.[Na+]. The molecule has 32 heavy (non-hydrogen) atoms. The van der Waals surface area contributed by atoms with Crippen molar-refractivity contribution in [3.8, 4) is 5.75 Å². The van der Waals surface area contributed by atoms with E-state index >= 15 is 0 Å². The van der Waals surface area contributed by atoms with Crippen LogP contribution in [0.3, 0.4) is 0 Å². The Balaban J connectivity index is 0.00000289. The number of aromatic nitrogens is 1. The Morgan fingerprint density at radius 1 is 1.12 bits per heavy atom. The zero-order valence-corrected chi connectivity index (χ0v) is 20.9. The summed E-state index contributed by atoms with van der Waals surface area (Å²) >= 11 is 12.0. The zero-order valence-electron chi connectivity index (χ0n) is 17.4. The summed E-state index contributed by atoms with van der Waals surface area (Å²) in [5.41, 5.74) is 2.00. The van der Waals surface area contributed by atoms with Crippen molar-refractivity contribution in [2.24, 2.45) is 0 Å². The van der Waals surface area contributed by atoms with Gasteiger partial charge in [-0.3, -0.25) is 0 Å². The molecule has 0 saturated carbocycles. The number of hydrogen-bond acceptors (Lipinski definition) is 5. The van der Waals surface area contributed by atoms with Gasteiger partial charge in [-0.05, 0) is 49.2 Å². The van der Waals surface area contributed by atoms with E-state index in [0.29, 0.717) is 52.2 Å². The number of nitrogens with zero attached hydrogens (tertiary/aromatic N) is 2. The number of rotatable bonds is 6. The molecule has 0 radical (unpaired) electrons. The molecule has 0 bridgehead atoms. The van der Waals surface area contributed by atoms with Gasteiger partial charge in [0.2, 0.25) is 0 Å². The number of halogens is 3. The van der Waals surface area contributed by atoms with E-state index in [0.717, 1.165) is 12.0 Å². The zero-order chi connectivity index (χ0) is 22.0. The first kappa shape index (κ1) is 24.8. The van der Waals surface area contributed by atoms with Gasteiger partial charge in [0, 0.05) is 51.6 Å². The third-order valence-electron chi connectivity index (χ3n) is 5.19. The quantitative estimate of drug-likeness (QED) is 0.497. The van der Waals surface area contributed by atoms with Crippen LogP contribution < -0.4 is 44.3 Å². The van der Waals surface area contributed by atoms with Crippen molar-refractivity contribution in [1.82, 2.24) is 4.98 Å². The van der Waals surface area contributed by atoms with Crippen molar-refractivity contribution < 1.29 is 48.6 Å². The summed E-state index contributed by atoms with van der Waals surface area (Å²) in [5, 5.41) is 12.3. The number of carboxylic acids is 1. The second kappa shape index (κ2) is 10.9. The largest absolute Gasteiger partial charge is 1.00 e. The van der Waals surface area contributed by atoms with Gasteiger partial charge in [-0.2, -0.15) is 0 Å². The Kier molecular flexibility index (Phi) is 8.42. The molecule has 0 aliphatic carbocycles. The predicted octanol–water partition coefficient (Wildman–Crippen LogP) is 1.43. The van der Waals surface area contributed by atoms with Gasteiger partial charge in [0.05, 0.1) is 5.97 Å². The van der Waals surface area contributed by atoms with E-state index in [-0.39, 0.29) is 41.7 Å². The molecule has 3 aromatic rings. The minimum absolute atomic E-state index is 0. The molecule has 1 aliphatic heterocycles. The molecule has 9 heteroatoms. The minimum atomic E-state index is -1.21. The number of carboxylic acid groups (broad SMARTS) is 1. The third kappa shape index (κ3) is 5.56. The summed E-state index contributed by atoms with van der Waals surface area (Å²) in [5.74, 6) is -0.478. The fraction of sp³-hybridized carbons (Fsp3) is 0.217. The van der Waals surface area contributed by atoms with Gasteiger partial charge in [0.1, 0.15) is 24.0 Å². The van der Waals surface area contributed by atoms with E-state index < -0.39 is 11.8 Å². The summed E-state index contributed by atoms with van der Waals surface area (Å²) in [6.45, 7) is 1.14. The molecule has 1 aromatic heterocycles. The average Bonchev–Trinajstić information content (AvgIpc) is 2.74. The Morgan fingerprint density at radius 2 is 1.88 bits per heavy atom. The van der Waals surface area contributed by atoms with Crippen molar-refractivity contribution in [2.45, 2.75) is 26.0 Å². The molecule has 0 unspecified atom stereocenters.